The third-order valence-corrected chi connectivity index (χ3v) is 2.94. The van der Waals surface area contributed by atoms with Crippen LogP contribution in [0.15, 0.2) is 18.2 Å². The summed E-state index contributed by atoms with van der Waals surface area (Å²) in [4.78, 5) is 3.50. The Hall–Kier alpha value is -1.28. The maximum absolute atomic E-state index is 3.50. The number of H-pyrrole nitrogens is 1. The lowest BCUT2D eigenvalue weighted by Gasteiger charge is -1.98. The van der Waals surface area contributed by atoms with Crippen LogP contribution in [-0.4, -0.2) is 18.6 Å². The molecule has 2 N–H and O–H groups in total. The molecule has 0 aliphatic heterocycles. The molecule has 2 rings (SSSR count). The SMILES string of the molecule is CNCCc1[nH]c2cc(C)ccc2c1C. The molecule has 0 bridgehead atoms. The van der Waals surface area contributed by atoms with E-state index in [1.807, 2.05) is 7.05 Å². The van der Waals surface area contributed by atoms with E-state index in [0.29, 0.717) is 0 Å². The van der Waals surface area contributed by atoms with Gasteiger partial charge in [0.1, 0.15) is 0 Å². The average Bonchev–Trinajstić information content (AvgIpc) is 2.52. The molecule has 0 amide bonds. The summed E-state index contributed by atoms with van der Waals surface area (Å²) in [5, 5.41) is 4.53. The van der Waals surface area contributed by atoms with Crippen LogP contribution < -0.4 is 5.32 Å². The Bertz CT molecular complexity index is 469. The second-order valence-corrected chi connectivity index (χ2v) is 4.13. The number of rotatable bonds is 3. The molecule has 0 fully saturated rings. The summed E-state index contributed by atoms with van der Waals surface area (Å²) in [5.41, 5.74) is 5.31. The van der Waals surface area contributed by atoms with Crippen LogP contribution in [-0.2, 0) is 6.42 Å². The third-order valence-electron chi connectivity index (χ3n) is 2.94. The first-order chi connectivity index (χ1) is 7.22. The summed E-state index contributed by atoms with van der Waals surface area (Å²) in [5.74, 6) is 0. The molecule has 0 radical (unpaired) electrons. The van der Waals surface area contributed by atoms with E-state index in [0.717, 1.165) is 13.0 Å². The summed E-state index contributed by atoms with van der Waals surface area (Å²) in [6, 6.07) is 6.59. The molecule has 0 saturated carbocycles. The van der Waals surface area contributed by atoms with E-state index in [1.165, 1.54) is 27.7 Å². The number of fused-ring (bicyclic) bond motifs is 1. The maximum atomic E-state index is 3.50. The van der Waals surface area contributed by atoms with Crippen LogP contribution in [0.5, 0.6) is 0 Å². The van der Waals surface area contributed by atoms with Crippen molar-refractivity contribution in [1.82, 2.24) is 10.3 Å². The highest BCUT2D eigenvalue weighted by molar-refractivity contribution is 5.84. The number of aromatic amines is 1. The van der Waals surface area contributed by atoms with E-state index < -0.39 is 0 Å². The normalized spacial score (nSPS) is 11.1. The molecular weight excluding hydrogens is 184 g/mol. The monoisotopic (exact) mass is 202 g/mol. The highest BCUT2D eigenvalue weighted by Crippen LogP contribution is 2.22. The van der Waals surface area contributed by atoms with E-state index in [4.69, 9.17) is 0 Å². The van der Waals surface area contributed by atoms with Gasteiger partial charge < -0.3 is 10.3 Å². The molecule has 1 aromatic carbocycles. The van der Waals surface area contributed by atoms with Crippen LogP contribution in [0.3, 0.4) is 0 Å². The van der Waals surface area contributed by atoms with Gasteiger partial charge in [0.2, 0.25) is 0 Å². The number of aromatic nitrogens is 1. The molecular formula is C13H18N2. The Labute approximate surface area is 90.7 Å². The van der Waals surface area contributed by atoms with Gasteiger partial charge in [0, 0.05) is 29.6 Å². The summed E-state index contributed by atoms with van der Waals surface area (Å²) < 4.78 is 0. The number of nitrogens with one attached hydrogen (secondary N) is 2. The first kappa shape index (κ1) is 10.2. The van der Waals surface area contributed by atoms with Gasteiger partial charge in [-0.2, -0.15) is 0 Å². The molecule has 1 heterocycles. The van der Waals surface area contributed by atoms with E-state index in [1.54, 1.807) is 0 Å². The lowest BCUT2D eigenvalue weighted by atomic mass is 10.1. The number of aryl methyl sites for hydroxylation is 2. The van der Waals surface area contributed by atoms with E-state index in [9.17, 15) is 0 Å². The Morgan fingerprint density at radius 2 is 2.07 bits per heavy atom. The lowest BCUT2D eigenvalue weighted by Crippen LogP contribution is -2.10. The van der Waals surface area contributed by atoms with E-state index >= 15 is 0 Å². The molecule has 0 aliphatic rings. The first-order valence-electron chi connectivity index (χ1n) is 5.45. The fraction of sp³-hybridized carbons (Fsp3) is 0.385. The quantitative estimate of drug-likeness (QED) is 0.786. The van der Waals surface area contributed by atoms with Crippen molar-refractivity contribution in [2.45, 2.75) is 20.3 Å². The van der Waals surface area contributed by atoms with Crippen molar-refractivity contribution in [1.29, 1.82) is 0 Å². The van der Waals surface area contributed by atoms with Crippen molar-refractivity contribution in [3.63, 3.8) is 0 Å². The van der Waals surface area contributed by atoms with Gasteiger partial charge in [-0.25, -0.2) is 0 Å². The standard InChI is InChI=1S/C13H18N2/c1-9-4-5-11-10(2)12(6-7-14-3)15-13(11)8-9/h4-5,8,14-15H,6-7H2,1-3H3. The van der Waals surface area contributed by atoms with E-state index in [2.05, 4.69) is 42.3 Å². The van der Waals surface area contributed by atoms with Gasteiger partial charge in [-0.15, -0.1) is 0 Å². The van der Waals surface area contributed by atoms with Crippen LogP contribution in [0, 0.1) is 13.8 Å². The fourth-order valence-electron chi connectivity index (χ4n) is 2.01. The van der Waals surface area contributed by atoms with Crippen LogP contribution in [0.1, 0.15) is 16.8 Å². The van der Waals surface area contributed by atoms with E-state index in [-0.39, 0.29) is 0 Å². The zero-order valence-corrected chi connectivity index (χ0v) is 9.65. The minimum Gasteiger partial charge on any atom is -0.358 e. The predicted octanol–water partition coefficient (Wildman–Crippen LogP) is 2.55. The van der Waals surface area contributed by atoms with Gasteiger partial charge in [0.25, 0.3) is 0 Å². The Balaban J connectivity index is 2.44. The lowest BCUT2D eigenvalue weighted by molar-refractivity contribution is 0.778. The van der Waals surface area contributed by atoms with Crippen molar-refractivity contribution in [2.75, 3.05) is 13.6 Å². The smallest absolute Gasteiger partial charge is 0.0461 e. The first-order valence-corrected chi connectivity index (χ1v) is 5.45. The number of benzene rings is 1. The molecule has 80 valence electrons. The van der Waals surface area contributed by atoms with Gasteiger partial charge in [0.15, 0.2) is 0 Å². The van der Waals surface area contributed by atoms with Crippen molar-refractivity contribution >= 4 is 10.9 Å². The zero-order valence-electron chi connectivity index (χ0n) is 9.65. The Morgan fingerprint density at radius 3 is 2.80 bits per heavy atom. The third kappa shape index (κ3) is 1.90. The minimum atomic E-state index is 1.02. The topological polar surface area (TPSA) is 27.8 Å². The molecule has 2 aromatic rings. The van der Waals surface area contributed by atoms with Crippen LogP contribution in [0.2, 0.25) is 0 Å². The summed E-state index contributed by atoms with van der Waals surface area (Å²) in [6.45, 7) is 5.34. The Kier molecular flexibility index (Phi) is 2.78. The van der Waals surface area contributed by atoms with Gasteiger partial charge in [0.05, 0.1) is 0 Å². The molecule has 0 atom stereocenters. The fourth-order valence-corrected chi connectivity index (χ4v) is 2.01. The summed E-state index contributed by atoms with van der Waals surface area (Å²) in [7, 11) is 1.99. The molecule has 0 unspecified atom stereocenters. The van der Waals surface area contributed by atoms with Crippen LogP contribution in [0.4, 0.5) is 0 Å². The van der Waals surface area contributed by atoms with Gasteiger partial charge in [-0.3, -0.25) is 0 Å². The highest BCUT2D eigenvalue weighted by atomic mass is 14.8. The summed E-state index contributed by atoms with van der Waals surface area (Å²) in [6.07, 6.45) is 1.07. The molecule has 0 spiro atoms. The number of likely N-dealkylation sites (N-methyl/N-ethyl adjacent to an activating group) is 1. The predicted molar refractivity (Wildman–Crippen MR) is 65.4 cm³/mol. The van der Waals surface area contributed by atoms with Crippen LogP contribution >= 0.6 is 0 Å². The second kappa shape index (κ2) is 4.07. The van der Waals surface area contributed by atoms with Gasteiger partial charge >= 0.3 is 0 Å². The van der Waals surface area contributed by atoms with Gasteiger partial charge in [-0.1, -0.05) is 12.1 Å². The average molecular weight is 202 g/mol. The molecule has 0 saturated heterocycles. The molecule has 1 aromatic heterocycles. The van der Waals surface area contributed by atoms with Crippen molar-refractivity contribution < 1.29 is 0 Å². The largest absolute Gasteiger partial charge is 0.358 e. The molecule has 0 aliphatic carbocycles. The van der Waals surface area contributed by atoms with Crippen LogP contribution in [0.25, 0.3) is 10.9 Å². The highest BCUT2D eigenvalue weighted by Gasteiger charge is 2.06. The number of hydrogen-bond acceptors (Lipinski definition) is 1. The minimum absolute atomic E-state index is 1.02. The number of hydrogen-bond donors (Lipinski definition) is 2. The maximum Gasteiger partial charge on any atom is 0.0461 e. The zero-order chi connectivity index (χ0) is 10.8. The van der Waals surface area contributed by atoms with Crippen molar-refractivity contribution in [2.24, 2.45) is 0 Å². The van der Waals surface area contributed by atoms with Crippen molar-refractivity contribution in [3.05, 3.63) is 35.0 Å². The molecule has 2 nitrogen and oxygen atoms in total. The second-order valence-electron chi connectivity index (χ2n) is 4.13. The Morgan fingerprint density at radius 1 is 1.27 bits per heavy atom. The summed E-state index contributed by atoms with van der Waals surface area (Å²) >= 11 is 0. The van der Waals surface area contributed by atoms with Crippen molar-refractivity contribution in [3.8, 4) is 0 Å². The van der Waals surface area contributed by atoms with Gasteiger partial charge in [-0.05, 0) is 38.1 Å². The molecule has 15 heavy (non-hydrogen) atoms. The molecule has 2 heteroatoms.